The summed E-state index contributed by atoms with van der Waals surface area (Å²) in [6, 6.07) is 11.9. The number of nitro benzene ring substituents is 1. The van der Waals surface area contributed by atoms with Crippen LogP contribution >= 0.6 is 15.9 Å². The summed E-state index contributed by atoms with van der Waals surface area (Å²) in [5.74, 6) is 1.79. The maximum Gasteiger partial charge on any atom is 0.269 e. The summed E-state index contributed by atoms with van der Waals surface area (Å²) >= 11 is 3.50. The minimum atomic E-state index is -0.457. The SMILES string of the molecule is CC(C)c1ccc(OCc2nc(-c3ccc([N+](=O)[O-])cc3)no2)c(Br)c1. The number of rotatable bonds is 6. The molecule has 0 amide bonds. The van der Waals surface area contributed by atoms with Crippen LogP contribution in [0.1, 0.15) is 31.2 Å². The first-order chi connectivity index (χ1) is 12.4. The Kier molecular flexibility index (Phi) is 5.32. The van der Waals surface area contributed by atoms with Gasteiger partial charge in [-0.1, -0.05) is 25.1 Å². The van der Waals surface area contributed by atoms with Crippen molar-refractivity contribution in [2.45, 2.75) is 26.4 Å². The van der Waals surface area contributed by atoms with Gasteiger partial charge in [0.25, 0.3) is 11.6 Å². The van der Waals surface area contributed by atoms with Crippen LogP contribution in [0.15, 0.2) is 51.5 Å². The normalized spacial score (nSPS) is 10.9. The minimum Gasteiger partial charge on any atom is -0.483 e. The first-order valence-corrected chi connectivity index (χ1v) is 8.73. The fourth-order valence-electron chi connectivity index (χ4n) is 2.30. The molecule has 8 heteroatoms. The quantitative estimate of drug-likeness (QED) is 0.408. The van der Waals surface area contributed by atoms with Crippen LogP contribution in [-0.2, 0) is 6.61 Å². The summed E-state index contributed by atoms with van der Waals surface area (Å²) in [5.41, 5.74) is 1.85. The molecule has 0 radical (unpaired) electrons. The smallest absolute Gasteiger partial charge is 0.269 e. The van der Waals surface area contributed by atoms with E-state index in [1.807, 2.05) is 18.2 Å². The van der Waals surface area contributed by atoms with Gasteiger partial charge in [-0.2, -0.15) is 4.98 Å². The van der Waals surface area contributed by atoms with Gasteiger partial charge in [-0.15, -0.1) is 0 Å². The number of halogens is 1. The van der Waals surface area contributed by atoms with E-state index in [4.69, 9.17) is 9.26 Å². The average Bonchev–Trinajstić information content (AvgIpc) is 3.09. The molecule has 0 fully saturated rings. The predicted molar refractivity (Wildman–Crippen MR) is 99.0 cm³/mol. The lowest BCUT2D eigenvalue weighted by atomic mass is 10.0. The van der Waals surface area contributed by atoms with Gasteiger partial charge in [-0.25, -0.2) is 0 Å². The van der Waals surface area contributed by atoms with Gasteiger partial charge in [0.2, 0.25) is 5.82 Å². The van der Waals surface area contributed by atoms with Crippen LogP contribution in [0.5, 0.6) is 5.75 Å². The third kappa shape index (κ3) is 4.08. The Labute approximate surface area is 158 Å². The van der Waals surface area contributed by atoms with Crippen molar-refractivity contribution in [3.8, 4) is 17.1 Å². The molecule has 0 atom stereocenters. The molecule has 3 aromatic rings. The van der Waals surface area contributed by atoms with Gasteiger partial charge in [0.05, 0.1) is 9.40 Å². The van der Waals surface area contributed by atoms with Crippen LogP contribution in [-0.4, -0.2) is 15.1 Å². The molecule has 1 aromatic heterocycles. The van der Waals surface area contributed by atoms with E-state index in [0.717, 1.165) is 4.47 Å². The number of aromatic nitrogens is 2. The summed E-state index contributed by atoms with van der Waals surface area (Å²) in [4.78, 5) is 14.5. The Balaban J connectivity index is 1.68. The molecule has 0 unspecified atom stereocenters. The number of nitro groups is 1. The first kappa shape index (κ1) is 18.1. The number of hydrogen-bond acceptors (Lipinski definition) is 6. The van der Waals surface area contributed by atoms with Gasteiger partial charge >= 0.3 is 0 Å². The molecule has 1 heterocycles. The van der Waals surface area contributed by atoms with Gasteiger partial charge in [0.15, 0.2) is 6.61 Å². The molecular formula is C18H16BrN3O4. The Morgan fingerprint density at radius 1 is 1.23 bits per heavy atom. The van der Waals surface area contributed by atoms with Crippen molar-refractivity contribution < 1.29 is 14.2 Å². The van der Waals surface area contributed by atoms with Crippen molar-refractivity contribution in [2.24, 2.45) is 0 Å². The van der Waals surface area contributed by atoms with Crippen molar-refractivity contribution in [1.29, 1.82) is 0 Å². The average molecular weight is 418 g/mol. The summed E-state index contributed by atoms with van der Waals surface area (Å²) < 4.78 is 11.8. The lowest BCUT2D eigenvalue weighted by molar-refractivity contribution is -0.384. The lowest BCUT2D eigenvalue weighted by Crippen LogP contribution is -1.97. The van der Waals surface area contributed by atoms with Crippen molar-refractivity contribution in [3.63, 3.8) is 0 Å². The summed E-state index contributed by atoms with van der Waals surface area (Å²) in [5, 5.41) is 14.6. The van der Waals surface area contributed by atoms with Gasteiger partial charge in [-0.3, -0.25) is 10.1 Å². The highest BCUT2D eigenvalue weighted by Crippen LogP contribution is 2.29. The van der Waals surface area contributed by atoms with Crippen LogP contribution in [0, 0.1) is 10.1 Å². The highest BCUT2D eigenvalue weighted by Gasteiger charge is 2.12. The van der Waals surface area contributed by atoms with Crippen molar-refractivity contribution >= 4 is 21.6 Å². The van der Waals surface area contributed by atoms with Crippen molar-refractivity contribution in [3.05, 3.63) is 68.5 Å². The third-order valence-electron chi connectivity index (χ3n) is 3.78. The van der Waals surface area contributed by atoms with Gasteiger partial charge in [0.1, 0.15) is 5.75 Å². The maximum atomic E-state index is 10.7. The molecule has 0 bridgehead atoms. The van der Waals surface area contributed by atoms with Gasteiger partial charge in [-0.05, 0) is 51.7 Å². The van der Waals surface area contributed by atoms with Crippen LogP contribution in [0.2, 0.25) is 0 Å². The molecule has 0 N–H and O–H groups in total. The van der Waals surface area contributed by atoms with E-state index < -0.39 is 4.92 Å². The van der Waals surface area contributed by atoms with E-state index in [1.165, 1.54) is 17.7 Å². The Morgan fingerprint density at radius 3 is 2.58 bits per heavy atom. The lowest BCUT2D eigenvalue weighted by Gasteiger charge is -2.10. The van der Waals surface area contributed by atoms with E-state index in [2.05, 4.69) is 39.9 Å². The van der Waals surface area contributed by atoms with E-state index >= 15 is 0 Å². The number of nitrogens with zero attached hydrogens (tertiary/aromatic N) is 3. The second kappa shape index (κ2) is 7.65. The number of ether oxygens (including phenoxy) is 1. The summed E-state index contributed by atoms with van der Waals surface area (Å²) in [6.45, 7) is 4.38. The molecule has 134 valence electrons. The zero-order chi connectivity index (χ0) is 18.7. The molecule has 0 spiro atoms. The molecule has 7 nitrogen and oxygen atoms in total. The van der Waals surface area contributed by atoms with E-state index in [1.54, 1.807) is 12.1 Å². The zero-order valence-corrected chi connectivity index (χ0v) is 15.8. The van der Waals surface area contributed by atoms with Gasteiger partial charge < -0.3 is 9.26 Å². The maximum absolute atomic E-state index is 10.7. The molecule has 2 aromatic carbocycles. The Bertz CT molecular complexity index is 922. The molecule has 0 saturated heterocycles. The van der Waals surface area contributed by atoms with Crippen LogP contribution < -0.4 is 4.74 Å². The third-order valence-corrected chi connectivity index (χ3v) is 4.40. The monoisotopic (exact) mass is 417 g/mol. The summed E-state index contributed by atoms with van der Waals surface area (Å²) in [6.07, 6.45) is 0. The summed E-state index contributed by atoms with van der Waals surface area (Å²) in [7, 11) is 0. The van der Waals surface area contributed by atoms with E-state index in [0.29, 0.717) is 28.9 Å². The molecule has 3 rings (SSSR count). The predicted octanol–water partition coefficient (Wildman–Crippen LogP) is 5.11. The number of benzene rings is 2. The first-order valence-electron chi connectivity index (χ1n) is 7.93. The van der Waals surface area contributed by atoms with Gasteiger partial charge in [0, 0.05) is 17.7 Å². The van der Waals surface area contributed by atoms with Crippen molar-refractivity contribution in [2.75, 3.05) is 0 Å². The molecule has 0 aliphatic carbocycles. The standard InChI is InChI=1S/C18H16BrN3O4/c1-11(2)13-5-8-16(15(19)9-13)25-10-17-20-18(21-26-17)12-3-6-14(7-4-12)22(23)24/h3-9,11H,10H2,1-2H3. The molecule has 26 heavy (non-hydrogen) atoms. The molecular weight excluding hydrogens is 402 g/mol. The second-order valence-corrected chi connectivity index (χ2v) is 6.80. The number of hydrogen-bond donors (Lipinski definition) is 0. The fourth-order valence-corrected chi connectivity index (χ4v) is 2.81. The Morgan fingerprint density at radius 2 is 1.96 bits per heavy atom. The highest BCUT2D eigenvalue weighted by molar-refractivity contribution is 9.10. The highest BCUT2D eigenvalue weighted by atomic mass is 79.9. The van der Waals surface area contributed by atoms with Crippen LogP contribution in [0.25, 0.3) is 11.4 Å². The number of non-ortho nitro benzene ring substituents is 1. The van der Waals surface area contributed by atoms with E-state index in [-0.39, 0.29) is 12.3 Å². The zero-order valence-electron chi connectivity index (χ0n) is 14.2. The minimum absolute atomic E-state index is 0.00972. The molecule has 0 saturated carbocycles. The van der Waals surface area contributed by atoms with Crippen LogP contribution in [0.3, 0.4) is 0 Å². The van der Waals surface area contributed by atoms with Crippen LogP contribution in [0.4, 0.5) is 5.69 Å². The Hall–Kier alpha value is -2.74. The topological polar surface area (TPSA) is 91.3 Å². The second-order valence-electron chi connectivity index (χ2n) is 5.95. The largest absolute Gasteiger partial charge is 0.483 e. The van der Waals surface area contributed by atoms with Crippen molar-refractivity contribution in [1.82, 2.24) is 10.1 Å². The fraction of sp³-hybridized carbons (Fsp3) is 0.222. The molecule has 0 aliphatic heterocycles. The van der Waals surface area contributed by atoms with E-state index in [9.17, 15) is 10.1 Å². The molecule has 0 aliphatic rings.